The zero-order valence-electron chi connectivity index (χ0n) is 13.6. The number of hydrogen-bond donors (Lipinski definition) is 0. The topological polar surface area (TPSA) is 79.5 Å². The first kappa shape index (κ1) is 16.2. The molecule has 1 aromatic heterocycles. The Morgan fingerprint density at radius 2 is 2.04 bits per heavy atom. The monoisotopic (exact) mass is 328 g/mol. The second kappa shape index (κ2) is 7.25. The number of aryl methyl sites for hydroxylation is 2. The number of hydrogen-bond acceptors (Lipinski definition) is 5. The largest absolute Gasteiger partial charge is 0.421 e. The van der Waals surface area contributed by atoms with Gasteiger partial charge in [-0.3, -0.25) is 9.59 Å². The van der Waals surface area contributed by atoms with Gasteiger partial charge in [0.1, 0.15) is 0 Å². The first-order valence-electron chi connectivity index (χ1n) is 8.02. The molecule has 0 unspecified atom stereocenters. The number of rotatable bonds is 5. The van der Waals surface area contributed by atoms with Gasteiger partial charge < -0.3 is 14.2 Å². The van der Waals surface area contributed by atoms with E-state index < -0.39 is 0 Å². The Morgan fingerprint density at radius 1 is 1.25 bits per heavy atom. The van der Waals surface area contributed by atoms with Crippen molar-refractivity contribution < 1.29 is 14.0 Å². The number of amides is 2. The van der Waals surface area contributed by atoms with Crippen molar-refractivity contribution >= 4 is 12.3 Å². The van der Waals surface area contributed by atoms with Gasteiger partial charge in [-0.15, -0.1) is 10.2 Å². The number of aromatic nitrogens is 2. The smallest absolute Gasteiger partial charge is 0.247 e. The average Bonchev–Trinajstić information content (AvgIpc) is 3.09. The van der Waals surface area contributed by atoms with E-state index in [-0.39, 0.29) is 5.91 Å². The van der Waals surface area contributed by atoms with Gasteiger partial charge >= 0.3 is 0 Å². The summed E-state index contributed by atoms with van der Waals surface area (Å²) in [5.74, 6) is 0.989. The number of carbonyl (C=O) groups is 2. The van der Waals surface area contributed by atoms with Gasteiger partial charge in [0.25, 0.3) is 0 Å². The number of carbonyl (C=O) groups excluding carboxylic acids is 2. The van der Waals surface area contributed by atoms with E-state index in [2.05, 4.69) is 10.2 Å². The molecular weight excluding hydrogens is 308 g/mol. The predicted octanol–water partition coefficient (Wildman–Crippen LogP) is 1.28. The Labute approximate surface area is 140 Å². The van der Waals surface area contributed by atoms with Crippen molar-refractivity contribution in [3.05, 3.63) is 35.7 Å². The molecule has 2 amide bonds. The van der Waals surface area contributed by atoms with Crippen LogP contribution in [0.5, 0.6) is 0 Å². The van der Waals surface area contributed by atoms with Gasteiger partial charge in [0.2, 0.25) is 24.1 Å². The van der Waals surface area contributed by atoms with E-state index in [9.17, 15) is 9.59 Å². The fourth-order valence-electron chi connectivity index (χ4n) is 2.70. The van der Waals surface area contributed by atoms with Crippen molar-refractivity contribution in [3.8, 4) is 11.5 Å². The van der Waals surface area contributed by atoms with Crippen molar-refractivity contribution in [2.24, 2.45) is 0 Å². The third kappa shape index (κ3) is 3.79. The molecular formula is C17H20N4O3. The number of benzene rings is 1. The highest BCUT2D eigenvalue weighted by molar-refractivity contribution is 5.76. The molecule has 0 aliphatic carbocycles. The molecule has 3 rings (SSSR count). The normalized spacial score (nSPS) is 14.7. The summed E-state index contributed by atoms with van der Waals surface area (Å²) >= 11 is 0. The molecule has 2 heterocycles. The highest BCUT2D eigenvalue weighted by atomic mass is 16.4. The molecule has 2 aromatic rings. The molecule has 1 fully saturated rings. The molecule has 1 aromatic carbocycles. The minimum atomic E-state index is 0.0517. The third-order valence-corrected chi connectivity index (χ3v) is 4.10. The van der Waals surface area contributed by atoms with E-state index in [0.717, 1.165) is 17.5 Å². The lowest BCUT2D eigenvalue weighted by Crippen LogP contribution is -2.48. The van der Waals surface area contributed by atoms with Crippen LogP contribution in [0.25, 0.3) is 11.5 Å². The molecule has 1 aliphatic heterocycles. The molecule has 7 nitrogen and oxygen atoms in total. The van der Waals surface area contributed by atoms with Gasteiger partial charge in [-0.2, -0.15) is 0 Å². The lowest BCUT2D eigenvalue weighted by molar-refractivity contribution is -0.135. The Hall–Kier alpha value is -2.70. The Balaban J connectivity index is 1.54. The summed E-state index contributed by atoms with van der Waals surface area (Å²) in [5, 5.41) is 8.07. The summed E-state index contributed by atoms with van der Waals surface area (Å²) in [5.41, 5.74) is 2.00. The number of piperazine rings is 1. The van der Waals surface area contributed by atoms with Crippen LogP contribution in [0.15, 0.2) is 28.7 Å². The molecule has 0 saturated carbocycles. The molecule has 126 valence electrons. The third-order valence-electron chi connectivity index (χ3n) is 4.10. The van der Waals surface area contributed by atoms with Crippen LogP contribution in [0.4, 0.5) is 0 Å². The lowest BCUT2D eigenvalue weighted by Gasteiger charge is -2.32. The van der Waals surface area contributed by atoms with Crippen LogP contribution >= 0.6 is 0 Å². The van der Waals surface area contributed by atoms with E-state index in [1.54, 1.807) is 9.80 Å². The lowest BCUT2D eigenvalue weighted by atomic mass is 10.1. The molecule has 0 bridgehead atoms. The molecule has 1 aliphatic rings. The fraction of sp³-hybridized carbons (Fsp3) is 0.412. The van der Waals surface area contributed by atoms with Crippen LogP contribution in [0.3, 0.4) is 0 Å². The maximum Gasteiger partial charge on any atom is 0.247 e. The van der Waals surface area contributed by atoms with E-state index in [1.165, 1.54) is 0 Å². The number of nitrogens with zero attached hydrogens (tertiary/aromatic N) is 4. The maximum absolute atomic E-state index is 12.2. The van der Waals surface area contributed by atoms with Gasteiger partial charge in [0.15, 0.2) is 0 Å². The standard InChI is InChI=1S/C17H20N4O3/c1-13-3-2-4-14(11-13)17-19-18-15(24-17)5-6-16(23)21-9-7-20(12-22)8-10-21/h2-4,11-12H,5-10H2,1H3. The molecule has 0 radical (unpaired) electrons. The van der Waals surface area contributed by atoms with Crippen molar-refractivity contribution in [3.63, 3.8) is 0 Å². The minimum Gasteiger partial charge on any atom is -0.421 e. The highest BCUT2D eigenvalue weighted by Gasteiger charge is 2.20. The Kier molecular flexibility index (Phi) is 4.88. The van der Waals surface area contributed by atoms with Crippen LogP contribution in [0.2, 0.25) is 0 Å². The summed E-state index contributed by atoms with van der Waals surface area (Å²) in [6.07, 6.45) is 1.58. The van der Waals surface area contributed by atoms with Crippen molar-refractivity contribution in [1.29, 1.82) is 0 Å². The van der Waals surface area contributed by atoms with Crippen LogP contribution in [-0.2, 0) is 16.0 Å². The van der Waals surface area contributed by atoms with Gasteiger partial charge in [-0.05, 0) is 19.1 Å². The van der Waals surface area contributed by atoms with Crippen molar-refractivity contribution in [2.75, 3.05) is 26.2 Å². The second-order valence-electron chi connectivity index (χ2n) is 5.89. The Morgan fingerprint density at radius 3 is 2.75 bits per heavy atom. The van der Waals surface area contributed by atoms with Gasteiger partial charge in [-0.1, -0.05) is 17.7 Å². The first-order valence-corrected chi connectivity index (χ1v) is 8.02. The summed E-state index contributed by atoms with van der Waals surface area (Å²) in [7, 11) is 0. The minimum absolute atomic E-state index is 0.0517. The molecule has 0 atom stereocenters. The molecule has 7 heteroatoms. The summed E-state index contributed by atoms with van der Waals surface area (Å²) in [6, 6.07) is 7.85. The predicted molar refractivity (Wildman–Crippen MR) is 87.0 cm³/mol. The van der Waals surface area contributed by atoms with E-state index >= 15 is 0 Å². The van der Waals surface area contributed by atoms with Crippen LogP contribution in [0.1, 0.15) is 17.9 Å². The first-order chi connectivity index (χ1) is 11.7. The zero-order chi connectivity index (χ0) is 16.9. The van der Waals surface area contributed by atoms with E-state index in [0.29, 0.717) is 50.8 Å². The molecule has 0 N–H and O–H groups in total. The van der Waals surface area contributed by atoms with Crippen LogP contribution < -0.4 is 0 Å². The fourth-order valence-corrected chi connectivity index (χ4v) is 2.70. The van der Waals surface area contributed by atoms with Crippen LogP contribution in [-0.4, -0.2) is 58.5 Å². The van der Waals surface area contributed by atoms with Crippen molar-refractivity contribution in [1.82, 2.24) is 20.0 Å². The van der Waals surface area contributed by atoms with Gasteiger partial charge in [-0.25, -0.2) is 0 Å². The SMILES string of the molecule is Cc1cccc(-c2nnc(CCC(=O)N3CCN(C=O)CC3)o2)c1. The van der Waals surface area contributed by atoms with E-state index in [1.807, 2.05) is 31.2 Å². The summed E-state index contributed by atoms with van der Waals surface area (Å²) in [4.78, 5) is 26.4. The van der Waals surface area contributed by atoms with Gasteiger partial charge in [0, 0.05) is 44.6 Å². The quantitative estimate of drug-likeness (QED) is 0.773. The second-order valence-corrected chi connectivity index (χ2v) is 5.89. The maximum atomic E-state index is 12.2. The summed E-state index contributed by atoms with van der Waals surface area (Å²) < 4.78 is 5.65. The van der Waals surface area contributed by atoms with E-state index in [4.69, 9.17) is 4.42 Å². The Bertz CT molecular complexity index is 720. The molecule has 1 saturated heterocycles. The van der Waals surface area contributed by atoms with Crippen LogP contribution in [0, 0.1) is 6.92 Å². The van der Waals surface area contributed by atoms with Gasteiger partial charge in [0.05, 0.1) is 0 Å². The van der Waals surface area contributed by atoms with Crippen molar-refractivity contribution in [2.45, 2.75) is 19.8 Å². The summed E-state index contributed by atoms with van der Waals surface area (Å²) in [6.45, 7) is 4.34. The average molecular weight is 328 g/mol. The highest BCUT2D eigenvalue weighted by Crippen LogP contribution is 2.19. The molecule has 24 heavy (non-hydrogen) atoms. The zero-order valence-corrected chi connectivity index (χ0v) is 13.6. The molecule has 0 spiro atoms.